The monoisotopic (exact) mass is 481 g/mol. The molecule has 156 valence electrons. The smallest absolute Gasteiger partial charge is 0.243 e. The average molecular weight is 483 g/mol. The summed E-state index contributed by atoms with van der Waals surface area (Å²) in [5.41, 5.74) is 1.63. The van der Waals surface area contributed by atoms with E-state index in [9.17, 15) is 8.42 Å². The van der Waals surface area contributed by atoms with Gasteiger partial charge in [0.25, 0.3) is 0 Å². The summed E-state index contributed by atoms with van der Waals surface area (Å²) >= 11 is 18.5. The molecule has 0 aromatic heterocycles. The van der Waals surface area contributed by atoms with Crippen molar-refractivity contribution in [3.63, 3.8) is 0 Å². The van der Waals surface area contributed by atoms with Gasteiger partial charge in [0.1, 0.15) is 6.10 Å². The molecule has 3 aromatic carbocycles. The van der Waals surface area contributed by atoms with Crippen molar-refractivity contribution in [2.24, 2.45) is 0 Å². The first kappa shape index (κ1) is 21.6. The van der Waals surface area contributed by atoms with Crippen LogP contribution in [0.15, 0.2) is 77.7 Å². The molecular formula is C22H18Cl3NO3S. The van der Waals surface area contributed by atoms with Crippen LogP contribution in [0.1, 0.15) is 17.2 Å². The van der Waals surface area contributed by atoms with E-state index in [2.05, 4.69) is 0 Å². The summed E-state index contributed by atoms with van der Waals surface area (Å²) in [5, 5.41) is 1.63. The summed E-state index contributed by atoms with van der Waals surface area (Å²) in [6.45, 7) is 0.541. The average Bonchev–Trinajstić information content (AvgIpc) is 2.69. The molecule has 1 heterocycles. The zero-order valence-electron chi connectivity index (χ0n) is 15.7. The van der Waals surface area contributed by atoms with E-state index in [4.69, 9.17) is 39.5 Å². The lowest BCUT2D eigenvalue weighted by Crippen LogP contribution is -2.54. The predicted octanol–water partition coefficient (Wildman–Crippen LogP) is 5.83. The van der Waals surface area contributed by atoms with Gasteiger partial charge in [0.2, 0.25) is 10.0 Å². The predicted molar refractivity (Wildman–Crippen MR) is 120 cm³/mol. The molecule has 1 aliphatic heterocycles. The molecule has 3 aromatic rings. The minimum Gasteiger partial charge on any atom is -0.363 e. The molecular weight excluding hydrogens is 465 g/mol. The van der Waals surface area contributed by atoms with Crippen molar-refractivity contribution in [1.29, 1.82) is 0 Å². The van der Waals surface area contributed by atoms with E-state index in [0.29, 0.717) is 15.1 Å². The van der Waals surface area contributed by atoms with Crippen molar-refractivity contribution in [1.82, 2.24) is 4.31 Å². The number of ether oxygens (including phenoxy) is 1. The van der Waals surface area contributed by atoms with Gasteiger partial charge in [-0.3, -0.25) is 0 Å². The van der Waals surface area contributed by atoms with Crippen molar-refractivity contribution < 1.29 is 13.2 Å². The van der Waals surface area contributed by atoms with Gasteiger partial charge in [-0.25, -0.2) is 8.42 Å². The van der Waals surface area contributed by atoms with Crippen molar-refractivity contribution in [2.75, 3.05) is 13.1 Å². The SMILES string of the molecule is O=S(=O)(c1ccccc1)N1CC(OC(c2ccc(Cl)cc2)c2ccc(Cl)cc2Cl)C1. The highest BCUT2D eigenvalue weighted by Gasteiger charge is 2.39. The van der Waals surface area contributed by atoms with Gasteiger partial charge in [0, 0.05) is 33.7 Å². The second-order valence-corrected chi connectivity index (χ2v) is 10.2. The number of hydrogen-bond donors (Lipinski definition) is 0. The van der Waals surface area contributed by atoms with E-state index in [1.165, 1.54) is 4.31 Å². The second-order valence-electron chi connectivity index (χ2n) is 6.99. The fraction of sp³-hybridized carbons (Fsp3) is 0.182. The number of rotatable bonds is 6. The molecule has 1 aliphatic rings. The number of nitrogens with zero attached hydrogens (tertiary/aromatic N) is 1. The highest BCUT2D eigenvalue weighted by Crippen LogP contribution is 2.36. The van der Waals surface area contributed by atoms with Crippen LogP contribution in [0.2, 0.25) is 15.1 Å². The van der Waals surface area contributed by atoms with E-state index >= 15 is 0 Å². The zero-order valence-corrected chi connectivity index (χ0v) is 18.8. The van der Waals surface area contributed by atoms with Gasteiger partial charge < -0.3 is 4.74 Å². The van der Waals surface area contributed by atoms with Gasteiger partial charge in [0.05, 0.1) is 11.0 Å². The van der Waals surface area contributed by atoms with Gasteiger partial charge in [-0.15, -0.1) is 0 Å². The van der Waals surface area contributed by atoms with E-state index in [-0.39, 0.29) is 24.1 Å². The Morgan fingerprint density at radius 1 is 0.867 bits per heavy atom. The first-order valence-corrected chi connectivity index (χ1v) is 11.8. The summed E-state index contributed by atoms with van der Waals surface area (Å²) in [6, 6.07) is 20.9. The third kappa shape index (κ3) is 4.52. The molecule has 8 heteroatoms. The lowest BCUT2D eigenvalue weighted by atomic mass is 10.0. The van der Waals surface area contributed by atoms with Crippen LogP contribution in [-0.2, 0) is 14.8 Å². The zero-order chi connectivity index (χ0) is 21.3. The molecule has 0 bridgehead atoms. The number of benzene rings is 3. The maximum Gasteiger partial charge on any atom is 0.243 e. The fourth-order valence-corrected chi connectivity index (χ4v) is 5.46. The van der Waals surface area contributed by atoms with E-state index < -0.39 is 16.1 Å². The molecule has 0 saturated carbocycles. The van der Waals surface area contributed by atoms with Gasteiger partial charge in [-0.2, -0.15) is 4.31 Å². The Morgan fingerprint density at radius 2 is 1.50 bits per heavy atom. The van der Waals surface area contributed by atoms with Crippen molar-refractivity contribution in [3.05, 3.63) is 99.0 Å². The minimum absolute atomic E-state index is 0.268. The van der Waals surface area contributed by atoms with Crippen molar-refractivity contribution >= 4 is 44.8 Å². The summed E-state index contributed by atoms with van der Waals surface area (Å²) in [6.07, 6.45) is -0.741. The van der Waals surface area contributed by atoms with Crippen LogP contribution in [0.3, 0.4) is 0 Å². The first-order chi connectivity index (χ1) is 14.3. The highest BCUT2D eigenvalue weighted by molar-refractivity contribution is 7.89. The molecule has 30 heavy (non-hydrogen) atoms. The normalized spacial score (nSPS) is 16.2. The Balaban J connectivity index is 1.54. The van der Waals surface area contributed by atoms with Crippen LogP contribution in [0.4, 0.5) is 0 Å². The Labute approximate surface area is 191 Å². The molecule has 0 aliphatic carbocycles. The van der Waals surface area contributed by atoms with Gasteiger partial charge in [0.15, 0.2) is 0 Å². The summed E-state index contributed by atoms with van der Waals surface area (Å²) in [5.74, 6) is 0. The quantitative estimate of drug-likeness (QED) is 0.444. The largest absolute Gasteiger partial charge is 0.363 e. The van der Waals surface area contributed by atoms with E-state index in [1.807, 2.05) is 18.2 Å². The highest BCUT2D eigenvalue weighted by atomic mass is 35.5. The third-order valence-electron chi connectivity index (χ3n) is 4.94. The standard InChI is InChI=1S/C22H18Cl3NO3S/c23-16-8-6-15(7-9-16)22(20-11-10-17(24)12-21(20)25)29-18-13-26(14-18)30(27,28)19-4-2-1-3-5-19/h1-12,18,22H,13-14H2. The van der Waals surface area contributed by atoms with Crippen molar-refractivity contribution in [3.8, 4) is 0 Å². The lowest BCUT2D eigenvalue weighted by molar-refractivity contribution is -0.0523. The van der Waals surface area contributed by atoms with Crippen LogP contribution in [-0.4, -0.2) is 31.9 Å². The Hall–Kier alpha value is -1.60. The summed E-state index contributed by atoms with van der Waals surface area (Å²) < 4.78 is 33.2. The fourth-order valence-electron chi connectivity index (χ4n) is 3.30. The molecule has 0 radical (unpaired) electrons. The molecule has 1 saturated heterocycles. The van der Waals surface area contributed by atoms with Gasteiger partial charge in [-0.1, -0.05) is 71.2 Å². The Bertz CT molecular complexity index is 1130. The van der Waals surface area contributed by atoms with Crippen LogP contribution < -0.4 is 0 Å². The van der Waals surface area contributed by atoms with Crippen LogP contribution in [0.25, 0.3) is 0 Å². The number of sulfonamides is 1. The lowest BCUT2D eigenvalue weighted by Gasteiger charge is -2.39. The van der Waals surface area contributed by atoms with Crippen molar-refractivity contribution in [2.45, 2.75) is 17.1 Å². The Morgan fingerprint density at radius 3 is 2.13 bits per heavy atom. The summed E-state index contributed by atoms with van der Waals surface area (Å²) in [7, 11) is -3.53. The molecule has 0 spiro atoms. The minimum atomic E-state index is -3.53. The molecule has 4 rings (SSSR count). The topological polar surface area (TPSA) is 46.6 Å². The maximum atomic E-state index is 12.7. The number of hydrogen-bond acceptors (Lipinski definition) is 3. The molecule has 1 fully saturated rings. The van der Waals surface area contributed by atoms with E-state index in [0.717, 1.165) is 11.1 Å². The Kier molecular flexibility index (Phi) is 6.39. The molecule has 0 N–H and O–H groups in total. The van der Waals surface area contributed by atoms with Crippen LogP contribution >= 0.6 is 34.8 Å². The van der Waals surface area contributed by atoms with Gasteiger partial charge in [-0.05, 0) is 42.0 Å². The summed E-state index contributed by atoms with van der Waals surface area (Å²) in [4.78, 5) is 0.276. The van der Waals surface area contributed by atoms with Crippen LogP contribution in [0.5, 0.6) is 0 Å². The second kappa shape index (κ2) is 8.87. The maximum absolute atomic E-state index is 12.7. The molecule has 1 atom stereocenters. The van der Waals surface area contributed by atoms with Crippen LogP contribution in [0, 0.1) is 0 Å². The third-order valence-corrected chi connectivity index (χ3v) is 7.60. The van der Waals surface area contributed by atoms with E-state index in [1.54, 1.807) is 54.6 Å². The first-order valence-electron chi connectivity index (χ1n) is 9.25. The molecule has 1 unspecified atom stereocenters. The van der Waals surface area contributed by atoms with Gasteiger partial charge >= 0.3 is 0 Å². The number of halogens is 3. The molecule has 4 nitrogen and oxygen atoms in total. The molecule has 0 amide bonds.